The molecule has 114 valence electrons. The number of carboxylic acid groups (broad SMARTS) is 1. The number of benzene rings is 1. The standard InChI is InChI=1S/C17H23NO3/c1-13(14-7-3-2-4-8-14)18-15(19)11-17(12-16(20)21)9-5-6-10-17/h2-4,7-8,13H,5-6,9-12H2,1H3,(H,18,19)(H,20,21)/t13-/m0/s1. The molecule has 0 aliphatic heterocycles. The first-order valence-electron chi connectivity index (χ1n) is 7.57. The van der Waals surface area contributed by atoms with Crippen molar-refractivity contribution >= 4 is 11.9 Å². The summed E-state index contributed by atoms with van der Waals surface area (Å²) in [5, 5.41) is 12.1. The van der Waals surface area contributed by atoms with Gasteiger partial charge < -0.3 is 10.4 Å². The van der Waals surface area contributed by atoms with E-state index in [4.69, 9.17) is 5.11 Å². The molecule has 1 aromatic rings. The van der Waals surface area contributed by atoms with Gasteiger partial charge in [-0.3, -0.25) is 9.59 Å². The van der Waals surface area contributed by atoms with Gasteiger partial charge in [0.2, 0.25) is 5.91 Å². The average molecular weight is 289 g/mol. The van der Waals surface area contributed by atoms with E-state index in [0.717, 1.165) is 31.2 Å². The lowest BCUT2D eigenvalue weighted by molar-refractivity contribution is -0.140. The number of carbonyl (C=O) groups is 2. The van der Waals surface area contributed by atoms with E-state index in [2.05, 4.69) is 5.32 Å². The maximum atomic E-state index is 12.3. The van der Waals surface area contributed by atoms with Crippen molar-refractivity contribution in [3.63, 3.8) is 0 Å². The number of amides is 1. The molecule has 1 aromatic carbocycles. The molecular formula is C17H23NO3. The SMILES string of the molecule is C[C@H](NC(=O)CC1(CC(=O)O)CCCC1)c1ccccc1. The molecule has 2 rings (SSSR count). The molecule has 1 atom stereocenters. The minimum absolute atomic E-state index is 0.0468. The molecule has 0 bridgehead atoms. The molecule has 4 heteroatoms. The highest BCUT2D eigenvalue weighted by atomic mass is 16.4. The monoisotopic (exact) mass is 289 g/mol. The van der Waals surface area contributed by atoms with Crippen molar-refractivity contribution < 1.29 is 14.7 Å². The smallest absolute Gasteiger partial charge is 0.303 e. The molecule has 0 spiro atoms. The van der Waals surface area contributed by atoms with Crippen LogP contribution in [0.2, 0.25) is 0 Å². The van der Waals surface area contributed by atoms with E-state index in [-0.39, 0.29) is 23.8 Å². The quantitative estimate of drug-likeness (QED) is 0.844. The van der Waals surface area contributed by atoms with Gasteiger partial charge in [-0.05, 0) is 30.7 Å². The van der Waals surface area contributed by atoms with Crippen LogP contribution in [0.15, 0.2) is 30.3 Å². The maximum absolute atomic E-state index is 12.3. The number of aliphatic carboxylic acids is 1. The second-order valence-corrected chi connectivity index (χ2v) is 6.15. The summed E-state index contributed by atoms with van der Waals surface area (Å²) in [6.45, 7) is 1.95. The highest BCUT2D eigenvalue weighted by Gasteiger charge is 2.38. The number of rotatable bonds is 6. The molecule has 0 radical (unpaired) electrons. The summed E-state index contributed by atoms with van der Waals surface area (Å²) < 4.78 is 0. The fourth-order valence-corrected chi connectivity index (χ4v) is 3.32. The minimum Gasteiger partial charge on any atom is -0.481 e. The molecule has 1 aliphatic rings. The second-order valence-electron chi connectivity index (χ2n) is 6.15. The third-order valence-electron chi connectivity index (χ3n) is 4.40. The van der Waals surface area contributed by atoms with Crippen molar-refractivity contribution in [1.29, 1.82) is 0 Å². The maximum Gasteiger partial charge on any atom is 0.303 e. The summed E-state index contributed by atoms with van der Waals surface area (Å²) in [6.07, 6.45) is 4.14. The van der Waals surface area contributed by atoms with Crippen LogP contribution in [-0.4, -0.2) is 17.0 Å². The van der Waals surface area contributed by atoms with Gasteiger partial charge in [0.25, 0.3) is 0 Å². The number of carbonyl (C=O) groups excluding carboxylic acids is 1. The molecule has 21 heavy (non-hydrogen) atoms. The van der Waals surface area contributed by atoms with Gasteiger partial charge in [0, 0.05) is 6.42 Å². The zero-order valence-corrected chi connectivity index (χ0v) is 12.5. The van der Waals surface area contributed by atoms with Crippen LogP contribution in [-0.2, 0) is 9.59 Å². The molecule has 1 amide bonds. The van der Waals surface area contributed by atoms with E-state index in [1.165, 1.54) is 0 Å². The van der Waals surface area contributed by atoms with Crippen molar-refractivity contribution in [3.05, 3.63) is 35.9 Å². The molecule has 1 aliphatic carbocycles. The third kappa shape index (κ3) is 4.31. The van der Waals surface area contributed by atoms with Crippen molar-refractivity contribution in [2.45, 2.75) is 51.5 Å². The first-order chi connectivity index (χ1) is 10.0. The highest BCUT2D eigenvalue weighted by Crippen LogP contribution is 2.44. The Morgan fingerprint density at radius 2 is 1.81 bits per heavy atom. The van der Waals surface area contributed by atoms with Gasteiger partial charge >= 0.3 is 5.97 Å². The molecule has 1 saturated carbocycles. The minimum atomic E-state index is -0.805. The molecule has 0 unspecified atom stereocenters. The summed E-state index contributed by atoms with van der Waals surface area (Å²) in [7, 11) is 0. The van der Waals surface area contributed by atoms with Gasteiger partial charge in [0.1, 0.15) is 0 Å². The average Bonchev–Trinajstić information content (AvgIpc) is 2.86. The van der Waals surface area contributed by atoms with Gasteiger partial charge in [0.05, 0.1) is 12.5 Å². The van der Waals surface area contributed by atoms with Crippen LogP contribution in [0, 0.1) is 5.41 Å². The van der Waals surface area contributed by atoms with Gasteiger partial charge in [-0.1, -0.05) is 43.2 Å². The topological polar surface area (TPSA) is 66.4 Å². The van der Waals surface area contributed by atoms with E-state index < -0.39 is 5.97 Å². The van der Waals surface area contributed by atoms with E-state index in [0.29, 0.717) is 6.42 Å². The van der Waals surface area contributed by atoms with Crippen molar-refractivity contribution in [3.8, 4) is 0 Å². The zero-order chi connectivity index (χ0) is 15.3. The van der Waals surface area contributed by atoms with Crippen LogP contribution in [0.4, 0.5) is 0 Å². The Hall–Kier alpha value is -1.84. The Labute approximate surface area is 125 Å². The summed E-state index contributed by atoms with van der Waals surface area (Å²) in [4.78, 5) is 23.3. The largest absolute Gasteiger partial charge is 0.481 e. The Morgan fingerprint density at radius 1 is 1.19 bits per heavy atom. The van der Waals surface area contributed by atoms with Gasteiger partial charge in [-0.2, -0.15) is 0 Å². The highest BCUT2D eigenvalue weighted by molar-refractivity contribution is 5.78. The van der Waals surface area contributed by atoms with Crippen LogP contribution in [0.3, 0.4) is 0 Å². The number of hydrogen-bond donors (Lipinski definition) is 2. The third-order valence-corrected chi connectivity index (χ3v) is 4.40. The fourth-order valence-electron chi connectivity index (χ4n) is 3.32. The van der Waals surface area contributed by atoms with Crippen molar-refractivity contribution in [1.82, 2.24) is 5.32 Å². The fraction of sp³-hybridized carbons (Fsp3) is 0.529. The zero-order valence-electron chi connectivity index (χ0n) is 12.5. The van der Waals surface area contributed by atoms with Gasteiger partial charge in [0.15, 0.2) is 0 Å². The van der Waals surface area contributed by atoms with Crippen LogP contribution in [0.5, 0.6) is 0 Å². The number of hydrogen-bond acceptors (Lipinski definition) is 2. The van der Waals surface area contributed by atoms with E-state index in [1.54, 1.807) is 0 Å². The van der Waals surface area contributed by atoms with Crippen LogP contribution in [0.25, 0.3) is 0 Å². The van der Waals surface area contributed by atoms with Crippen molar-refractivity contribution in [2.24, 2.45) is 5.41 Å². The lowest BCUT2D eigenvalue weighted by Gasteiger charge is -2.27. The van der Waals surface area contributed by atoms with Crippen LogP contribution in [0.1, 0.15) is 57.1 Å². The van der Waals surface area contributed by atoms with Crippen molar-refractivity contribution in [2.75, 3.05) is 0 Å². The molecule has 1 fully saturated rings. The summed E-state index contributed by atoms with van der Waals surface area (Å²) in [6, 6.07) is 9.74. The number of carboxylic acids is 1. The molecule has 4 nitrogen and oxygen atoms in total. The van der Waals surface area contributed by atoms with Crippen LogP contribution >= 0.6 is 0 Å². The predicted molar refractivity (Wildman–Crippen MR) is 80.8 cm³/mol. The Bertz CT molecular complexity index is 492. The first kappa shape index (κ1) is 15.5. The summed E-state index contributed by atoms with van der Waals surface area (Å²) in [5.74, 6) is -0.852. The van der Waals surface area contributed by atoms with E-state index in [1.807, 2.05) is 37.3 Å². The predicted octanol–water partition coefficient (Wildman–Crippen LogP) is 3.29. The van der Waals surface area contributed by atoms with Gasteiger partial charge in [-0.15, -0.1) is 0 Å². The lowest BCUT2D eigenvalue weighted by Crippen LogP contribution is -2.33. The second kappa shape index (κ2) is 6.74. The molecule has 2 N–H and O–H groups in total. The normalized spacial score (nSPS) is 18.1. The lowest BCUT2D eigenvalue weighted by atomic mass is 9.79. The Kier molecular flexibility index (Phi) is 4.99. The van der Waals surface area contributed by atoms with E-state index in [9.17, 15) is 9.59 Å². The first-order valence-corrected chi connectivity index (χ1v) is 7.57. The molecule has 0 heterocycles. The van der Waals surface area contributed by atoms with Crippen LogP contribution < -0.4 is 5.32 Å². The summed E-state index contributed by atoms with van der Waals surface area (Å²) >= 11 is 0. The number of nitrogens with one attached hydrogen (secondary N) is 1. The molecule has 0 aromatic heterocycles. The van der Waals surface area contributed by atoms with Gasteiger partial charge in [-0.25, -0.2) is 0 Å². The van der Waals surface area contributed by atoms with E-state index >= 15 is 0 Å². The Balaban J connectivity index is 1.95. The Morgan fingerprint density at radius 3 is 2.38 bits per heavy atom. The summed E-state index contributed by atoms with van der Waals surface area (Å²) in [5.41, 5.74) is 0.719. The molecular weight excluding hydrogens is 266 g/mol. The molecule has 0 saturated heterocycles.